The van der Waals surface area contributed by atoms with Crippen molar-refractivity contribution in [2.75, 3.05) is 19.6 Å². The van der Waals surface area contributed by atoms with E-state index in [1.165, 1.54) is 12.8 Å². The molecule has 0 saturated carbocycles. The maximum absolute atomic E-state index is 13.7. The number of aryl methyl sites for hydroxylation is 1. The Morgan fingerprint density at radius 1 is 1.32 bits per heavy atom. The number of halogens is 1. The summed E-state index contributed by atoms with van der Waals surface area (Å²) in [5.74, 6) is -0.131. The first-order valence-electron chi connectivity index (χ1n) is 7.13. The second-order valence-corrected chi connectivity index (χ2v) is 6.46. The van der Waals surface area contributed by atoms with Crippen LogP contribution in [0.4, 0.5) is 4.39 Å². The summed E-state index contributed by atoms with van der Waals surface area (Å²) in [6.45, 7) is 9.05. The molecule has 0 amide bonds. The third-order valence-electron chi connectivity index (χ3n) is 4.40. The van der Waals surface area contributed by atoms with Gasteiger partial charge in [0.05, 0.1) is 0 Å². The van der Waals surface area contributed by atoms with E-state index in [2.05, 4.69) is 18.7 Å². The van der Waals surface area contributed by atoms with Gasteiger partial charge in [-0.3, -0.25) is 4.90 Å². The summed E-state index contributed by atoms with van der Waals surface area (Å²) in [7, 11) is 0. The molecule has 1 aromatic rings. The predicted octanol–water partition coefficient (Wildman–Crippen LogP) is 3.26. The van der Waals surface area contributed by atoms with Crippen molar-refractivity contribution in [3.05, 3.63) is 35.1 Å². The van der Waals surface area contributed by atoms with Crippen LogP contribution in [0.15, 0.2) is 18.2 Å². The Morgan fingerprint density at radius 3 is 2.47 bits per heavy atom. The zero-order chi connectivity index (χ0) is 14.0. The predicted molar refractivity (Wildman–Crippen MR) is 77.5 cm³/mol. The van der Waals surface area contributed by atoms with E-state index >= 15 is 0 Å². The molecule has 1 heterocycles. The molecule has 1 atom stereocenters. The summed E-state index contributed by atoms with van der Waals surface area (Å²) in [4.78, 5) is 2.40. The van der Waals surface area contributed by atoms with Crippen LogP contribution in [0, 0.1) is 18.2 Å². The van der Waals surface area contributed by atoms with Crippen LogP contribution in [0.25, 0.3) is 0 Å². The molecule has 0 aliphatic carbocycles. The van der Waals surface area contributed by atoms with Crippen LogP contribution in [0.1, 0.15) is 43.9 Å². The first-order valence-corrected chi connectivity index (χ1v) is 7.13. The number of benzene rings is 1. The average Bonchev–Trinajstić information content (AvgIpc) is 2.36. The van der Waals surface area contributed by atoms with Crippen molar-refractivity contribution < 1.29 is 4.39 Å². The number of rotatable bonds is 3. The van der Waals surface area contributed by atoms with E-state index in [-0.39, 0.29) is 11.9 Å². The molecule has 1 fully saturated rings. The molecule has 2 nitrogen and oxygen atoms in total. The van der Waals surface area contributed by atoms with Crippen LogP contribution >= 0.6 is 0 Å². The number of likely N-dealkylation sites (tertiary alicyclic amines) is 1. The molecule has 0 bridgehead atoms. The average molecular weight is 264 g/mol. The first-order chi connectivity index (χ1) is 8.93. The Kier molecular flexibility index (Phi) is 4.26. The lowest BCUT2D eigenvalue weighted by Crippen LogP contribution is -2.42. The van der Waals surface area contributed by atoms with Gasteiger partial charge in [0.2, 0.25) is 0 Å². The van der Waals surface area contributed by atoms with Gasteiger partial charge in [-0.05, 0) is 55.5 Å². The van der Waals surface area contributed by atoms with Gasteiger partial charge in [0.1, 0.15) is 5.82 Å². The van der Waals surface area contributed by atoms with E-state index in [9.17, 15) is 4.39 Å². The minimum Gasteiger partial charge on any atom is -0.329 e. The topological polar surface area (TPSA) is 29.3 Å². The Balaban J connectivity index is 2.14. The molecule has 0 spiro atoms. The highest BCUT2D eigenvalue weighted by molar-refractivity contribution is 5.26. The van der Waals surface area contributed by atoms with Gasteiger partial charge in [0, 0.05) is 12.6 Å². The highest BCUT2D eigenvalue weighted by Crippen LogP contribution is 2.33. The molecule has 0 radical (unpaired) electrons. The lowest BCUT2D eigenvalue weighted by atomic mass is 9.82. The van der Waals surface area contributed by atoms with Crippen molar-refractivity contribution in [1.82, 2.24) is 4.90 Å². The van der Waals surface area contributed by atoms with Crippen molar-refractivity contribution >= 4 is 0 Å². The van der Waals surface area contributed by atoms with Gasteiger partial charge in [-0.25, -0.2) is 4.39 Å². The fourth-order valence-electron chi connectivity index (χ4n) is 2.75. The normalized spacial score (nSPS) is 21.3. The summed E-state index contributed by atoms with van der Waals surface area (Å²) in [6.07, 6.45) is 2.36. The summed E-state index contributed by atoms with van der Waals surface area (Å²) in [6, 6.07) is 5.65. The van der Waals surface area contributed by atoms with Crippen molar-refractivity contribution in [2.24, 2.45) is 11.1 Å². The summed E-state index contributed by atoms with van der Waals surface area (Å²) in [5, 5.41) is 0. The van der Waals surface area contributed by atoms with Gasteiger partial charge in [-0.2, -0.15) is 0 Å². The van der Waals surface area contributed by atoms with E-state index in [0.29, 0.717) is 17.5 Å². The standard InChI is InChI=1S/C16H25FN2/c1-12-4-5-13(10-14(12)17)15(11-18)19-8-6-16(2,3)7-9-19/h4-5,10,15H,6-9,11,18H2,1-3H3. The third kappa shape index (κ3) is 3.34. The fraction of sp³-hybridized carbons (Fsp3) is 0.625. The highest BCUT2D eigenvalue weighted by atomic mass is 19.1. The summed E-state index contributed by atoms with van der Waals surface area (Å²) < 4.78 is 13.7. The number of nitrogens with zero attached hydrogens (tertiary/aromatic N) is 1. The highest BCUT2D eigenvalue weighted by Gasteiger charge is 2.29. The molecule has 1 aliphatic heterocycles. The van der Waals surface area contributed by atoms with Gasteiger partial charge in [0.15, 0.2) is 0 Å². The van der Waals surface area contributed by atoms with E-state index in [4.69, 9.17) is 5.73 Å². The van der Waals surface area contributed by atoms with E-state index in [0.717, 1.165) is 18.7 Å². The minimum absolute atomic E-state index is 0.131. The van der Waals surface area contributed by atoms with Gasteiger partial charge < -0.3 is 5.73 Å². The zero-order valence-electron chi connectivity index (χ0n) is 12.2. The number of hydrogen-bond acceptors (Lipinski definition) is 2. The molecule has 0 aromatic heterocycles. The van der Waals surface area contributed by atoms with Crippen LogP contribution in [-0.4, -0.2) is 24.5 Å². The molecule has 106 valence electrons. The quantitative estimate of drug-likeness (QED) is 0.908. The smallest absolute Gasteiger partial charge is 0.126 e. The lowest BCUT2D eigenvalue weighted by molar-refractivity contribution is 0.0963. The van der Waals surface area contributed by atoms with Gasteiger partial charge in [-0.1, -0.05) is 26.0 Å². The first kappa shape index (κ1) is 14.5. The minimum atomic E-state index is -0.131. The second-order valence-electron chi connectivity index (χ2n) is 6.46. The maximum atomic E-state index is 13.7. The Bertz CT molecular complexity index is 432. The molecular formula is C16H25FN2. The van der Waals surface area contributed by atoms with E-state index in [1.54, 1.807) is 13.0 Å². The van der Waals surface area contributed by atoms with Gasteiger partial charge in [-0.15, -0.1) is 0 Å². The van der Waals surface area contributed by atoms with Crippen LogP contribution in [0.5, 0.6) is 0 Å². The number of piperidine rings is 1. The van der Waals surface area contributed by atoms with Crippen LogP contribution < -0.4 is 5.73 Å². The Labute approximate surface area is 115 Å². The largest absolute Gasteiger partial charge is 0.329 e. The number of nitrogens with two attached hydrogens (primary N) is 1. The monoisotopic (exact) mass is 264 g/mol. The maximum Gasteiger partial charge on any atom is 0.126 e. The van der Waals surface area contributed by atoms with Gasteiger partial charge in [0.25, 0.3) is 0 Å². The molecule has 1 aliphatic rings. The van der Waals surface area contributed by atoms with Crippen molar-refractivity contribution in [1.29, 1.82) is 0 Å². The van der Waals surface area contributed by atoms with Crippen molar-refractivity contribution in [2.45, 2.75) is 39.7 Å². The summed E-state index contributed by atoms with van der Waals surface area (Å²) >= 11 is 0. The van der Waals surface area contributed by atoms with Gasteiger partial charge >= 0.3 is 0 Å². The van der Waals surface area contributed by atoms with Crippen LogP contribution in [0.3, 0.4) is 0 Å². The fourth-order valence-corrected chi connectivity index (χ4v) is 2.75. The molecule has 2 rings (SSSR count). The molecule has 1 aromatic carbocycles. The van der Waals surface area contributed by atoms with Crippen molar-refractivity contribution in [3.8, 4) is 0 Å². The van der Waals surface area contributed by atoms with E-state index in [1.807, 2.05) is 12.1 Å². The Morgan fingerprint density at radius 2 is 1.95 bits per heavy atom. The number of hydrogen-bond donors (Lipinski definition) is 1. The zero-order valence-corrected chi connectivity index (χ0v) is 12.2. The molecule has 1 saturated heterocycles. The van der Waals surface area contributed by atoms with Crippen LogP contribution in [0.2, 0.25) is 0 Å². The SMILES string of the molecule is Cc1ccc(C(CN)N2CCC(C)(C)CC2)cc1F. The van der Waals surface area contributed by atoms with E-state index < -0.39 is 0 Å². The lowest BCUT2D eigenvalue weighted by Gasteiger charge is -2.41. The second kappa shape index (κ2) is 5.59. The Hall–Kier alpha value is -0.930. The molecular weight excluding hydrogens is 239 g/mol. The third-order valence-corrected chi connectivity index (χ3v) is 4.40. The molecule has 3 heteroatoms. The molecule has 1 unspecified atom stereocenters. The summed E-state index contributed by atoms with van der Waals surface area (Å²) in [5.41, 5.74) is 8.05. The molecule has 2 N–H and O–H groups in total. The van der Waals surface area contributed by atoms with Crippen molar-refractivity contribution in [3.63, 3.8) is 0 Å². The molecule has 19 heavy (non-hydrogen) atoms. The van der Waals surface area contributed by atoms with Crippen LogP contribution in [-0.2, 0) is 0 Å².